The highest BCUT2D eigenvalue weighted by molar-refractivity contribution is 6.09. The number of halogens is 1. The largest absolute Gasteiger partial charge is 0.497 e. The first kappa shape index (κ1) is 25.2. The molecule has 1 aromatic heterocycles. The minimum atomic E-state index is -1.17. The van der Waals surface area contributed by atoms with Crippen LogP contribution in [-0.2, 0) is 4.79 Å². The third-order valence-corrected chi connectivity index (χ3v) is 6.38. The lowest BCUT2D eigenvalue weighted by Crippen LogP contribution is -2.47. The Morgan fingerprint density at radius 1 is 1.00 bits per heavy atom. The first-order valence-corrected chi connectivity index (χ1v) is 12.0. The number of amides is 2. The van der Waals surface area contributed by atoms with Crippen LogP contribution in [0.1, 0.15) is 54.2 Å². The summed E-state index contributed by atoms with van der Waals surface area (Å²) in [4.78, 5) is 33.4. The van der Waals surface area contributed by atoms with Crippen LogP contribution < -0.4 is 19.7 Å². The van der Waals surface area contributed by atoms with Crippen molar-refractivity contribution in [1.29, 1.82) is 0 Å². The van der Waals surface area contributed by atoms with Gasteiger partial charge in [-0.3, -0.25) is 19.5 Å². The molecule has 7 nitrogen and oxygen atoms in total. The Kier molecular flexibility index (Phi) is 8.15. The van der Waals surface area contributed by atoms with Crippen molar-refractivity contribution in [3.63, 3.8) is 0 Å². The van der Waals surface area contributed by atoms with Crippen molar-refractivity contribution in [2.24, 2.45) is 0 Å². The Morgan fingerprint density at radius 3 is 2.47 bits per heavy atom. The lowest BCUT2D eigenvalue weighted by atomic mass is 9.94. The van der Waals surface area contributed by atoms with Gasteiger partial charge in [-0.05, 0) is 61.4 Å². The molecule has 2 amide bonds. The summed E-state index contributed by atoms with van der Waals surface area (Å²) in [5, 5.41) is 3.13. The summed E-state index contributed by atoms with van der Waals surface area (Å²) in [5.74, 6) is -0.576. The molecule has 0 aliphatic heterocycles. The van der Waals surface area contributed by atoms with E-state index >= 15 is 0 Å². The summed E-state index contributed by atoms with van der Waals surface area (Å²) < 4.78 is 25.4. The average Bonchev–Trinajstić information content (AvgIpc) is 2.92. The number of hydrogen-bond donors (Lipinski definition) is 1. The van der Waals surface area contributed by atoms with E-state index in [2.05, 4.69) is 10.3 Å². The molecule has 1 heterocycles. The zero-order chi connectivity index (χ0) is 25.5. The molecule has 3 aromatic rings. The van der Waals surface area contributed by atoms with Crippen LogP contribution in [0.4, 0.5) is 10.1 Å². The first-order chi connectivity index (χ1) is 17.5. The normalized spacial score (nSPS) is 14.5. The molecule has 0 saturated heterocycles. The second kappa shape index (κ2) is 11.7. The van der Waals surface area contributed by atoms with E-state index in [0.717, 1.165) is 32.1 Å². The molecule has 0 bridgehead atoms. The molecular formula is C28H30FN3O4. The van der Waals surface area contributed by atoms with Crippen molar-refractivity contribution in [2.75, 3.05) is 19.1 Å². The van der Waals surface area contributed by atoms with Gasteiger partial charge in [-0.2, -0.15) is 0 Å². The fourth-order valence-electron chi connectivity index (χ4n) is 4.60. The van der Waals surface area contributed by atoms with Crippen LogP contribution in [0.3, 0.4) is 0 Å². The summed E-state index contributed by atoms with van der Waals surface area (Å²) in [6.45, 7) is 0. The summed E-state index contributed by atoms with van der Waals surface area (Å²) in [6, 6.07) is 14.4. The Morgan fingerprint density at radius 2 is 1.81 bits per heavy atom. The molecule has 36 heavy (non-hydrogen) atoms. The fraction of sp³-hybridized carbons (Fsp3) is 0.321. The second-order valence-corrected chi connectivity index (χ2v) is 8.72. The van der Waals surface area contributed by atoms with Gasteiger partial charge in [0.2, 0.25) is 5.91 Å². The van der Waals surface area contributed by atoms with Crippen molar-refractivity contribution in [1.82, 2.24) is 10.3 Å². The Labute approximate surface area is 210 Å². The molecule has 1 aliphatic rings. The number of pyridine rings is 1. The van der Waals surface area contributed by atoms with Crippen LogP contribution in [0.25, 0.3) is 0 Å². The molecule has 1 fully saturated rings. The Bertz CT molecular complexity index is 1200. The van der Waals surface area contributed by atoms with E-state index < -0.39 is 17.8 Å². The SMILES string of the molecule is COc1ccc(OC)c(C(C(=O)NC2CCCCC2)N(C(=O)c2ccccn2)c2cccc(F)c2)c1. The van der Waals surface area contributed by atoms with Gasteiger partial charge in [0.1, 0.15) is 29.1 Å². The van der Waals surface area contributed by atoms with Gasteiger partial charge in [0.05, 0.1) is 14.2 Å². The number of hydrogen-bond acceptors (Lipinski definition) is 5. The van der Waals surface area contributed by atoms with Gasteiger partial charge in [-0.15, -0.1) is 0 Å². The van der Waals surface area contributed by atoms with Gasteiger partial charge in [-0.25, -0.2) is 4.39 Å². The number of methoxy groups -OCH3 is 2. The number of aromatic nitrogens is 1. The second-order valence-electron chi connectivity index (χ2n) is 8.72. The first-order valence-electron chi connectivity index (χ1n) is 12.0. The average molecular weight is 492 g/mol. The molecule has 188 valence electrons. The van der Waals surface area contributed by atoms with Crippen molar-refractivity contribution >= 4 is 17.5 Å². The van der Waals surface area contributed by atoms with Crippen LogP contribution in [0.5, 0.6) is 11.5 Å². The van der Waals surface area contributed by atoms with Crippen LogP contribution in [0.2, 0.25) is 0 Å². The monoisotopic (exact) mass is 491 g/mol. The van der Waals surface area contributed by atoms with E-state index in [-0.39, 0.29) is 23.3 Å². The molecule has 1 N–H and O–H groups in total. The molecule has 4 rings (SSSR count). The predicted octanol–water partition coefficient (Wildman–Crippen LogP) is 5.07. The van der Waals surface area contributed by atoms with E-state index in [1.165, 1.54) is 43.5 Å². The van der Waals surface area contributed by atoms with E-state index in [1.54, 1.807) is 42.5 Å². The smallest absolute Gasteiger partial charge is 0.277 e. The molecule has 0 radical (unpaired) electrons. The van der Waals surface area contributed by atoms with Crippen LogP contribution in [0, 0.1) is 5.82 Å². The highest BCUT2D eigenvalue weighted by atomic mass is 19.1. The highest BCUT2D eigenvalue weighted by Gasteiger charge is 2.37. The lowest BCUT2D eigenvalue weighted by molar-refractivity contribution is -0.123. The zero-order valence-corrected chi connectivity index (χ0v) is 20.4. The number of nitrogens with one attached hydrogen (secondary N) is 1. The van der Waals surface area contributed by atoms with Gasteiger partial charge < -0.3 is 14.8 Å². The maximum atomic E-state index is 14.4. The number of carbonyl (C=O) groups excluding carboxylic acids is 2. The topological polar surface area (TPSA) is 80.8 Å². The minimum Gasteiger partial charge on any atom is -0.497 e. The molecule has 1 unspecified atom stereocenters. The maximum absolute atomic E-state index is 14.4. The summed E-state index contributed by atoms with van der Waals surface area (Å²) >= 11 is 0. The van der Waals surface area contributed by atoms with Crippen molar-refractivity contribution < 1.29 is 23.5 Å². The van der Waals surface area contributed by atoms with E-state index in [1.807, 2.05) is 0 Å². The molecule has 1 saturated carbocycles. The third-order valence-electron chi connectivity index (χ3n) is 6.38. The lowest BCUT2D eigenvalue weighted by Gasteiger charge is -2.34. The number of nitrogens with zero attached hydrogens (tertiary/aromatic N) is 2. The Balaban J connectivity index is 1.89. The van der Waals surface area contributed by atoms with Crippen molar-refractivity contribution in [3.8, 4) is 11.5 Å². The number of anilines is 1. The van der Waals surface area contributed by atoms with Gasteiger partial charge >= 0.3 is 0 Å². The number of carbonyl (C=O) groups is 2. The number of rotatable bonds is 8. The predicted molar refractivity (Wildman–Crippen MR) is 135 cm³/mol. The van der Waals surface area contributed by atoms with Crippen molar-refractivity contribution in [2.45, 2.75) is 44.2 Å². The standard InChI is InChI=1S/C28H30FN3O4/c1-35-22-14-15-25(36-2)23(18-22)26(27(33)31-20-10-4-3-5-11-20)32(21-12-8-9-19(29)17-21)28(34)24-13-6-7-16-30-24/h6-9,12-18,20,26H,3-5,10-11H2,1-2H3,(H,31,33). The van der Waals surface area contributed by atoms with E-state index in [0.29, 0.717) is 17.1 Å². The fourth-order valence-corrected chi connectivity index (χ4v) is 4.60. The Hall–Kier alpha value is -3.94. The molecule has 1 atom stereocenters. The highest BCUT2D eigenvalue weighted by Crippen LogP contribution is 2.37. The van der Waals surface area contributed by atoms with Crippen LogP contribution >= 0.6 is 0 Å². The molecule has 1 aliphatic carbocycles. The quantitative estimate of drug-likeness (QED) is 0.476. The summed E-state index contributed by atoms with van der Waals surface area (Å²) in [6.07, 6.45) is 6.41. The van der Waals surface area contributed by atoms with Crippen LogP contribution in [0.15, 0.2) is 66.9 Å². The minimum absolute atomic E-state index is 0.00957. The molecule has 0 spiro atoms. The van der Waals surface area contributed by atoms with Crippen molar-refractivity contribution in [3.05, 3.63) is 83.9 Å². The molecule has 8 heteroatoms. The molecule has 2 aromatic carbocycles. The van der Waals surface area contributed by atoms with Crippen LogP contribution in [-0.4, -0.2) is 37.1 Å². The van der Waals surface area contributed by atoms with Gasteiger partial charge in [0, 0.05) is 23.5 Å². The van der Waals surface area contributed by atoms with Gasteiger partial charge in [0.15, 0.2) is 0 Å². The summed E-state index contributed by atoms with van der Waals surface area (Å²) in [5.41, 5.74) is 0.761. The van der Waals surface area contributed by atoms with E-state index in [4.69, 9.17) is 9.47 Å². The van der Waals surface area contributed by atoms with E-state index in [9.17, 15) is 14.0 Å². The van der Waals surface area contributed by atoms with Gasteiger partial charge in [-0.1, -0.05) is 31.4 Å². The number of benzene rings is 2. The maximum Gasteiger partial charge on any atom is 0.277 e. The van der Waals surface area contributed by atoms with Gasteiger partial charge in [0.25, 0.3) is 5.91 Å². The number of ether oxygens (including phenoxy) is 2. The summed E-state index contributed by atoms with van der Waals surface area (Å²) in [7, 11) is 3.01. The third kappa shape index (κ3) is 5.64. The molecular weight excluding hydrogens is 461 g/mol. The zero-order valence-electron chi connectivity index (χ0n) is 20.4.